The van der Waals surface area contributed by atoms with Crippen LogP contribution in [0.25, 0.3) is 0 Å². The smallest absolute Gasteiger partial charge is 0.314 e. The fourth-order valence-electron chi connectivity index (χ4n) is 2.01. The number of carbonyl (C=O) groups is 2. The molecule has 0 heterocycles. The molecule has 0 saturated heterocycles. The van der Waals surface area contributed by atoms with Crippen LogP contribution in [0.2, 0.25) is 0 Å². The first-order valence-corrected chi connectivity index (χ1v) is 8.30. The second-order valence-corrected chi connectivity index (χ2v) is 6.41. The fourth-order valence-corrected chi connectivity index (χ4v) is 2.60. The Bertz CT molecular complexity index is 760. The highest BCUT2D eigenvalue weighted by Crippen LogP contribution is 2.26. The molecule has 2 N–H and O–H groups in total. The van der Waals surface area contributed by atoms with Gasteiger partial charge < -0.3 is 15.4 Å². The molecule has 0 aliphatic carbocycles. The average molecular weight is 391 g/mol. The molecule has 0 aliphatic rings. The number of amides is 2. The van der Waals surface area contributed by atoms with E-state index in [-0.39, 0.29) is 6.10 Å². The van der Waals surface area contributed by atoms with E-state index >= 15 is 0 Å². The Morgan fingerprint density at radius 2 is 1.62 bits per heavy atom. The van der Waals surface area contributed by atoms with Gasteiger partial charge in [-0.1, -0.05) is 18.2 Å². The first-order valence-electron chi connectivity index (χ1n) is 7.51. The largest absolute Gasteiger partial charge is 0.489 e. The Morgan fingerprint density at radius 1 is 1.00 bits per heavy atom. The van der Waals surface area contributed by atoms with Crippen molar-refractivity contribution in [2.45, 2.75) is 26.9 Å². The van der Waals surface area contributed by atoms with Crippen LogP contribution < -0.4 is 15.4 Å². The summed E-state index contributed by atoms with van der Waals surface area (Å²) in [4.78, 5) is 24.2. The van der Waals surface area contributed by atoms with E-state index < -0.39 is 11.8 Å². The number of para-hydroxylation sites is 2. The molecule has 0 atom stereocenters. The monoisotopic (exact) mass is 390 g/mol. The van der Waals surface area contributed by atoms with E-state index in [4.69, 9.17) is 4.74 Å². The number of aryl methyl sites for hydroxylation is 1. The summed E-state index contributed by atoms with van der Waals surface area (Å²) < 4.78 is 6.34. The van der Waals surface area contributed by atoms with E-state index in [0.29, 0.717) is 21.6 Å². The molecule has 0 bridgehead atoms. The minimum absolute atomic E-state index is 0.0413. The number of rotatable bonds is 4. The van der Waals surface area contributed by atoms with Crippen molar-refractivity contribution in [3.8, 4) is 5.75 Å². The van der Waals surface area contributed by atoms with E-state index in [1.165, 1.54) is 0 Å². The van der Waals surface area contributed by atoms with Gasteiger partial charge in [0.2, 0.25) is 0 Å². The summed E-state index contributed by atoms with van der Waals surface area (Å²) in [5.74, 6) is -0.994. The molecule has 0 aromatic heterocycles. The molecule has 0 aliphatic heterocycles. The molecule has 0 saturated carbocycles. The van der Waals surface area contributed by atoms with Gasteiger partial charge in [0.25, 0.3) is 0 Å². The standard InChI is InChI=1S/C18H19BrN2O3/c1-11(2)24-16-7-5-4-6-15(16)21-18(23)17(22)20-14-9-8-12(3)10-13(14)19/h4-11H,1-3H3,(H,20,22)(H,21,23). The SMILES string of the molecule is Cc1ccc(NC(=O)C(=O)Nc2ccccc2OC(C)C)c(Br)c1. The van der Waals surface area contributed by atoms with Crippen molar-refractivity contribution in [2.24, 2.45) is 0 Å². The number of hydrogen-bond donors (Lipinski definition) is 2. The first kappa shape index (κ1) is 18.0. The molecular weight excluding hydrogens is 372 g/mol. The number of carbonyl (C=O) groups excluding carboxylic acids is 2. The highest BCUT2D eigenvalue weighted by atomic mass is 79.9. The summed E-state index contributed by atoms with van der Waals surface area (Å²) in [6.07, 6.45) is -0.0413. The summed E-state index contributed by atoms with van der Waals surface area (Å²) >= 11 is 3.36. The predicted octanol–water partition coefficient (Wildman–Crippen LogP) is 4.12. The lowest BCUT2D eigenvalue weighted by Gasteiger charge is -2.14. The van der Waals surface area contributed by atoms with Crippen LogP contribution in [-0.4, -0.2) is 17.9 Å². The summed E-state index contributed by atoms with van der Waals surface area (Å²) in [5.41, 5.74) is 2.03. The van der Waals surface area contributed by atoms with E-state index in [2.05, 4.69) is 26.6 Å². The number of ether oxygens (including phenoxy) is 1. The van der Waals surface area contributed by atoms with Gasteiger partial charge in [-0.05, 0) is 66.5 Å². The molecule has 126 valence electrons. The van der Waals surface area contributed by atoms with Crippen LogP contribution >= 0.6 is 15.9 Å². The van der Waals surface area contributed by atoms with Crippen molar-refractivity contribution < 1.29 is 14.3 Å². The number of halogens is 1. The Labute approximate surface area is 149 Å². The molecule has 5 nitrogen and oxygen atoms in total. The Balaban J connectivity index is 2.08. The number of hydrogen-bond acceptors (Lipinski definition) is 3. The van der Waals surface area contributed by atoms with Gasteiger partial charge in [-0.25, -0.2) is 0 Å². The zero-order chi connectivity index (χ0) is 17.7. The van der Waals surface area contributed by atoms with Crippen LogP contribution in [0.1, 0.15) is 19.4 Å². The molecule has 0 spiro atoms. The maximum Gasteiger partial charge on any atom is 0.314 e. The van der Waals surface area contributed by atoms with Gasteiger partial charge in [-0.2, -0.15) is 0 Å². The topological polar surface area (TPSA) is 67.4 Å². The van der Waals surface area contributed by atoms with Gasteiger partial charge in [0, 0.05) is 4.47 Å². The lowest BCUT2D eigenvalue weighted by atomic mass is 10.2. The summed E-state index contributed by atoms with van der Waals surface area (Å²) in [6.45, 7) is 5.72. The lowest BCUT2D eigenvalue weighted by molar-refractivity contribution is -0.133. The van der Waals surface area contributed by atoms with E-state index in [9.17, 15) is 9.59 Å². The van der Waals surface area contributed by atoms with Gasteiger partial charge in [0.05, 0.1) is 17.5 Å². The number of anilines is 2. The molecule has 0 unspecified atom stereocenters. The van der Waals surface area contributed by atoms with Gasteiger partial charge >= 0.3 is 11.8 Å². The molecular formula is C18H19BrN2O3. The second kappa shape index (κ2) is 7.97. The highest BCUT2D eigenvalue weighted by Gasteiger charge is 2.17. The Hall–Kier alpha value is -2.34. The van der Waals surface area contributed by atoms with Crippen molar-refractivity contribution in [3.63, 3.8) is 0 Å². The van der Waals surface area contributed by atoms with Crippen LogP contribution in [0.3, 0.4) is 0 Å². The van der Waals surface area contributed by atoms with Crippen LogP contribution in [0, 0.1) is 6.92 Å². The third kappa shape index (κ3) is 4.83. The zero-order valence-electron chi connectivity index (χ0n) is 13.7. The minimum atomic E-state index is -0.762. The highest BCUT2D eigenvalue weighted by molar-refractivity contribution is 9.10. The van der Waals surface area contributed by atoms with Crippen LogP contribution in [0.5, 0.6) is 5.75 Å². The average Bonchev–Trinajstić information content (AvgIpc) is 2.51. The van der Waals surface area contributed by atoms with Crippen LogP contribution in [0.15, 0.2) is 46.9 Å². The van der Waals surface area contributed by atoms with E-state index in [1.807, 2.05) is 32.9 Å². The van der Waals surface area contributed by atoms with Crippen molar-refractivity contribution in [3.05, 3.63) is 52.5 Å². The summed E-state index contributed by atoms with van der Waals surface area (Å²) in [6, 6.07) is 12.4. The van der Waals surface area contributed by atoms with Gasteiger partial charge in [0.1, 0.15) is 5.75 Å². The third-order valence-electron chi connectivity index (χ3n) is 3.08. The van der Waals surface area contributed by atoms with Gasteiger partial charge in [-0.3, -0.25) is 9.59 Å². The van der Waals surface area contributed by atoms with E-state index in [0.717, 1.165) is 5.56 Å². The molecule has 24 heavy (non-hydrogen) atoms. The lowest BCUT2D eigenvalue weighted by Crippen LogP contribution is -2.29. The molecule has 2 aromatic carbocycles. The van der Waals surface area contributed by atoms with Crippen molar-refractivity contribution in [1.29, 1.82) is 0 Å². The van der Waals surface area contributed by atoms with Crippen molar-refractivity contribution >= 4 is 39.1 Å². The molecule has 0 radical (unpaired) electrons. The van der Waals surface area contributed by atoms with Gasteiger partial charge in [0.15, 0.2) is 0 Å². The normalized spacial score (nSPS) is 10.4. The molecule has 6 heteroatoms. The molecule has 2 aromatic rings. The number of nitrogens with one attached hydrogen (secondary N) is 2. The molecule has 2 rings (SSSR count). The number of benzene rings is 2. The quantitative estimate of drug-likeness (QED) is 0.771. The fraction of sp³-hybridized carbons (Fsp3) is 0.222. The third-order valence-corrected chi connectivity index (χ3v) is 3.73. The van der Waals surface area contributed by atoms with Crippen LogP contribution in [0.4, 0.5) is 11.4 Å². The maximum atomic E-state index is 12.1. The van der Waals surface area contributed by atoms with E-state index in [1.54, 1.807) is 30.3 Å². The first-order chi connectivity index (χ1) is 11.4. The predicted molar refractivity (Wildman–Crippen MR) is 98.3 cm³/mol. The maximum absolute atomic E-state index is 12.1. The second-order valence-electron chi connectivity index (χ2n) is 5.55. The van der Waals surface area contributed by atoms with Crippen molar-refractivity contribution in [1.82, 2.24) is 0 Å². The minimum Gasteiger partial charge on any atom is -0.489 e. The van der Waals surface area contributed by atoms with Crippen LogP contribution in [-0.2, 0) is 9.59 Å². The molecule has 0 fully saturated rings. The Morgan fingerprint density at radius 3 is 2.25 bits per heavy atom. The van der Waals surface area contributed by atoms with Crippen molar-refractivity contribution in [2.75, 3.05) is 10.6 Å². The zero-order valence-corrected chi connectivity index (χ0v) is 15.3. The summed E-state index contributed by atoms with van der Waals surface area (Å²) in [7, 11) is 0. The van der Waals surface area contributed by atoms with Gasteiger partial charge in [-0.15, -0.1) is 0 Å². The summed E-state index contributed by atoms with van der Waals surface area (Å²) in [5, 5.41) is 5.15. The Kier molecular flexibility index (Phi) is 5.98. The molecule has 2 amide bonds.